The number of nitrogens with zero attached hydrogens (tertiary/aromatic N) is 1. The van der Waals surface area contributed by atoms with E-state index < -0.39 is 8.53 Å². The number of hydrogen-bond acceptors (Lipinski definition) is 3. The molecule has 1 aromatic carbocycles. The van der Waals surface area contributed by atoms with Crippen molar-refractivity contribution in [2.24, 2.45) is 41.4 Å². The summed E-state index contributed by atoms with van der Waals surface area (Å²) in [4.78, 5) is 0. The third kappa shape index (κ3) is 4.96. The first-order valence-corrected chi connectivity index (χ1v) is 18.9. The lowest BCUT2D eigenvalue weighted by atomic mass is 9.53. The maximum absolute atomic E-state index is 7.56. The van der Waals surface area contributed by atoms with Crippen molar-refractivity contribution in [1.29, 1.82) is 0 Å². The van der Waals surface area contributed by atoms with E-state index in [9.17, 15) is 0 Å². The Morgan fingerprint density at radius 1 is 0.525 bits per heavy atom. The lowest BCUT2D eigenvalue weighted by molar-refractivity contribution is -0.0856. The van der Waals surface area contributed by atoms with Gasteiger partial charge in [-0.2, -0.15) is 0 Å². The quantitative estimate of drug-likeness (QED) is 0.342. The molecular weight excluding hydrogens is 509 g/mol. The third-order valence-electron chi connectivity index (χ3n) is 13.3. The van der Waals surface area contributed by atoms with Crippen LogP contribution in [0.25, 0.3) is 0 Å². The molecule has 8 rings (SSSR count). The molecule has 1 aromatic rings. The molecule has 0 N–H and O–H groups in total. The Bertz CT molecular complexity index is 942. The predicted octanol–water partition coefficient (Wildman–Crippen LogP) is 10.2. The second kappa shape index (κ2) is 11.9. The molecule has 2 heterocycles. The zero-order valence-electron chi connectivity index (χ0n) is 24.9. The van der Waals surface area contributed by atoms with Crippen LogP contribution in [-0.4, -0.2) is 22.9 Å². The summed E-state index contributed by atoms with van der Waals surface area (Å²) in [6.07, 6.45) is 27.8. The maximum Gasteiger partial charge on any atom is 0.260 e. The standard InChI is InChI=1S/C36H54NO2P/c1-3-13-27(14-4-1)31-21-22-32(28-15-5-2-6-16-28)37(31)40-38-33-23-19-25-11-7-9-17-29(25)35(33)36-30-18-10-8-12-26(30)20-24-34(36)39-40/h1,3-4,13-14,25-26,28-36H,2,5-12,15-24H2/t25?,26?,29?,30?,31-,32-,33?,34?,35?,36?,40?/m0/s1. The fraction of sp³-hybridized carbons (Fsp3) is 0.833. The highest BCUT2D eigenvalue weighted by Gasteiger charge is 2.57. The van der Waals surface area contributed by atoms with Crippen molar-refractivity contribution < 1.29 is 9.05 Å². The Labute approximate surface area is 245 Å². The Kier molecular flexibility index (Phi) is 8.06. The Hall–Kier alpha value is -0.470. The first kappa shape index (κ1) is 27.1. The Morgan fingerprint density at radius 2 is 1.07 bits per heavy atom. The number of rotatable bonds is 3. The van der Waals surface area contributed by atoms with E-state index in [0.717, 1.165) is 41.4 Å². The zero-order valence-corrected chi connectivity index (χ0v) is 25.8. The monoisotopic (exact) mass is 563 g/mol. The van der Waals surface area contributed by atoms with Gasteiger partial charge in [-0.25, -0.2) is 4.67 Å². The van der Waals surface area contributed by atoms with Crippen molar-refractivity contribution >= 4 is 8.53 Å². The van der Waals surface area contributed by atoms with Crippen LogP contribution < -0.4 is 0 Å². The molecule has 0 aromatic heterocycles. The molecule has 7 fully saturated rings. The molecule has 40 heavy (non-hydrogen) atoms. The molecule has 0 spiro atoms. The van der Waals surface area contributed by atoms with Gasteiger partial charge >= 0.3 is 0 Å². The third-order valence-corrected chi connectivity index (χ3v) is 15.1. The lowest BCUT2D eigenvalue weighted by Gasteiger charge is -2.53. The first-order valence-electron chi connectivity index (χ1n) is 17.8. The van der Waals surface area contributed by atoms with Crippen LogP contribution in [0.2, 0.25) is 0 Å². The molecule has 0 radical (unpaired) electrons. The van der Waals surface area contributed by atoms with Crippen molar-refractivity contribution in [3.05, 3.63) is 35.9 Å². The molecule has 5 aliphatic carbocycles. The van der Waals surface area contributed by atoms with Crippen LogP contribution in [0.4, 0.5) is 0 Å². The summed E-state index contributed by atoms with van der Waals surface area (Å²) in [7, 11) is -1.03. The fourth-order valence-corrected chi connectivity index (χ4v) is 13.8. The molecule has 2 saturated heterocycles. The van der Waals surface area contributed by atoms with Gasteiger partial charge < -0.3 is 9.05 Å². The van der Waals surface area contributed by atoms with E-state index in [1.165, 1.54) is 128 Å². The van der Waals surface area contributed by atoms with E-state index in [4.69, 9.17) is 9.05 Å². The molecular formula is C36H54NO2P. The van der Waals surface area contributed by atoms with Gasteiger partial charge in [-0.3, -0.25) is 0 Å². The molecule has 3 nitrogen and oxygen atoms in total. The molecule has 2 aliphatic heterocycles. The lowest BCUT2D eigenvalue weighted by Crippen LogP contribution is -2.51. The van der Waals surface area contributed by atoms with Crippen LogP contribution >= 0.6 is 8.53 Å². The molecule has 10 atom stereocenters. The first-order chi connectivity index (χ1) is 19.8. The van der Waals surface area contributed by atoms with E-state index >= 15 is 0 Å². The van der Waals surface area contributed by atoms with Crippen molar-refractivity contribution in [2.75, 3.05) is 0 Å². The van der Waals surface area contributed by atoms with Crippen molar-refractivity contribution in [1.82, 2.24) is 4.67 Å². The molecule has 0 amide bonds. The summed E-state index contributed by atoms with van der Waals surface area (Å²) in [5.74, 6) is 6.07. The summed E-state index contributed by atoms with van der Waals surface area (Å²) in [5.41, 5.74) is 1.50. The van der Waals surface area contributed by atoms with Crippen LogP contribution in [0.15, 0.2) is 30.3 Å². The van der Waals surface area contributed by atoms with E-state index in [1.54, 1.807) is 0 Å². The van der Waals surface area contributed by atoms with Gasteiger partial charge in [0.1, 0.15) is 0 Å². The smallest absolute Gasteiger partial charge is 0.260 e. The second-order valence-corrected chi connectivity index (χ2v) is 16.5. The Balaban J connectivity index is 1.16. The minimum absolute atomic E-state index is 0.435. The van der Waals surface area contributed by atoms with Gasteiger partial charge in [-0.05, 0) is 111 Å². The van der Waals surface area contributed by atoms with Crippen LogP contribution in [0.5, 0.6) is 0 Å². The topological polar surface area (TPSA) is 21.7 Å². The normalized spacial score (nSPS) is 46.5. The van der Waals surface area contributed by atoms with E-state index in [1.807, 2.05) is 0 Å². The summed E-state index contributed by atoms with van der Waals surface area (Å²) in [6, 6.07) is 12.6. The predicted molar refractivity (Wildman–Crippen MR) is 164 cm³/mol. The highest BCUT2D eigenvalue weighted by atomic mass is 31.2. The SMILES string of the molecule is c1ccc([C@@H]2CC[C@@H](C3CCCCC3)N2P2OC3CCC4CCCCC4C3C3C(CCC4CCCCC43)O2)cc1. The minimum Gasteiger partial charge on any atom is -0.318 e. The number of hydrogen-bond donors (Lipinski definition) is 0. The van der Waals surface area contributed by atoms with Crippen molar-refractivity contribution in [3.8, 4) is 0 Å². The summed E-state index contributed by atoms with van der Waals surface area (Å²) < 4.78 is 18.0. The number of fused-ring (bicyclic) bond motifs is 7. The molecule has 5 saturated carbocycles. The van der Waals surface area contributed by atoms with Gasteiger partial charge in [0.05, 0.1) is 12.2 Å². The van der Waals surface area contributed by atoms with Gasteiger partial charge in [-0.1, -0.05) is 88.1 Å². The Morgan fingerprint density at radius 3 is 1.70 bits per heavy atom. The van der Waals surface area contributed by atoms with E-state index in [0.29, 0.717) is 24.3 Å². The van der Waals surface area contributed by atoms with Crippen LogP contribution in [0.1, 0.15) is 134 Å². The fourth-order valence-electron chi connectivity index (χ4n) is 11.6. The molecule has 8 unspecified atom stereocenters. The average Bonchev–Trinajstić information content (AvgIpc) is 3.39. The van der Waals surface area contributed by atoms with Gasteiger partial charge in [0, 0.05) is 12.1 Å². The molecule has 0 bridgehead atoms. The van der Waals surface area contributed by atoms with Gasteiger partial charge in [0.15, 0.2) is 0 Å². The van der Waals surface area contributed by atoms with Gasteiger partial charge in [0.25, 0.3) is 8.53 Å². The second-order valence-electron chi connectivity index (χ2n) is 15.1. The van der Waals surface area contributed by atoms with Crippen LogP contribution in [-0.2, 0) is 9.05 Å². The largest absolute Gasteiger partial charge is 0.318 e. The van der Waals surface area contributed by atoms with Crippen LogP contribution in [0, 0.1) is 41.4 Å². The summed E-state index contributed by atoms with van der Waals surface area (Å²) in [5, 5.41) is 0. The zero-order chi connectivity index (χ0) is 26.5. The summed E-state index contributed by atoms with van der Waals surface area (Å²) >= 11 is 0. The maximum atomic E-state index is 7.56. The van der Waals surface area contributed by atoms with Crippen molar-refractivity contribution in [2.45, 2.75) is 146 Å². The van der Waals surface area contributed by atoms with Gasteiger partial charge in [-0.15, -0.1) is 0 Å². The minimum atomic E-state index is -1.03. The highest BCUT2D eigenvalue weighted by Crippen LogP contribution is 2.66. The summed E-state index contributed by atoms with van der Waals surface area (Å²) in [6.45, 7) is 0. The average molecular weight is 564 g/mol. The number of benzene rings is 1. The van der Waals surface area contributed by atoms with Crippen molar-refractivity contribution in [3.63, 3.8) is 0 Å². The molecule has 4 heteroatoms. The van der Waals surface area contributed by atoms with E-state index in [2.05, 4.69) is 35.0 Å². The van der Waals surface area contributed by atoms with Crippen LogP contribution in [0.3, 0.4) is 0 Å². The van der Waals surface area contributed by atoms with Gasteiger partial charge in [0.2, 0.25) is 0 Å². The highest BCUT2D eigenvalue weighted by molar-refractivity contribution is 7.44. The molecule has 7 aliphatic rings. The molecule has 220 valence electrons. The van der Waals surface area contributed by atoms with E-state index in [-0.39, 0.29) is 0 Å².